The Morgan fingerprint density at radius 1 is 1.42 bits per heavy atom. The Hall–Kier alpha value is -1.05. The average molecular weight is 162 g/mol. The maximum atomic E-state index is 4.52. The first-order valence-electron chi connectivity index (χ1n) is 4.48. The predicted octanol–water partition coefficient (Wildman–Crippen LogP) is 1.92. The summed E-state index contributed by atoms with van der Waals surface area (Å²) in [6.45, 7) is 2.06. The van der Waals surface area contributed by atoms with Gasteiger partial charge < -0.3 is 5.32 Å². The van der Waals surface area contributed by atoms with Gasteiger partial charge in [0.2, 0.25) is 0 Å². The second kappa shape index (κ2) is 2.77. The number of hydrogen-bond acceptors (Lipinski definition) is 2. The van der Waals surface area contributed by atoms with Gasteiger partial charge in [0.15, 0.2) is 0 Å². The third kappa shape index (κ3) is 1.07. The molecule has 0 bridgehead atoms. The van der Waals surface area contributed by atoms with Gasteiger partial charge in [-0.1, -0.05) is 0 Å². The lowest BCUT2D eigenvalue weighted by atomic mass is 10.1. The highest BCUT2D eigenvalue weighted by atomic mass is 14.8. The number of fused-ring (bicyclic) bond motifs is 1. The first kappa shape index (κ1) is 7.59. The molecule has 0 amide bonds. The van der Waals surface area contributed by atoms with Crippen LogP contribution in [0.1, 0.15) is 23.4 Å². The molecule has 1 aromatic heterocycles. The van der Waals surface area contributed by atoms with Gasteiger partial charge in [0.1, 0.15) is 0 Å². The van der Waals surface area contributed by atoms with Crippen LogP contribution in [0.15, 0.2) is 6.07 Å². The van der Waals surface area contributed by atoms with Crippen molar-refractivity contribution < 1.29 is 0 Å². The van der Waals surface area contributed by atoms with E-state index in [9.17, 15) is 0 Å². The SMILES string of the molecule is CNc1cc(C)nc2c1CCC2. The molecule has 0 fully saturated rings. The molecule has 0 saturated carbocycles. The lowest BCUT2D eigenvalue weighted by molar-refractivity contribution is 0.897. The number of aryl methyl sites for hydroxylation is 2. The molecule has 0 spiro atoms. The fraction of sp³-hybridized carbons (Fsp3) is 0.500. The minimum absolute atomic E-state index is 1.12. The molecular weight excluding hydrogens is 148 g/mol. The Bertz CT molecular complexity index is 305. The Morgan fingerprint density at radius 3 is 3.00 bits per heavy atom. The largest absolute Gasteiger partial charge is 0.388 e. The summed E-state index contributed by atoms with van der Waals surface area (Å²) < 4.78 is 0. The summed E-state index contributed by atoms with van der Waals surface area (Å²) in [5, 5.41) is 3.23. The zero-order valence-corrected chi connectivity index (χ0v) is 7.65. The quantitative estimate of drug-likeness (QED) is 0.682. The molecular formula is C10H14N2. The number of anilines is 1. The predicted molar refractivity (Wildman–Crippen MR) is 50.5 cm³/mol. The molecule has 2 heteroatoms. The summed E-state index contributed by atoms with van der Waals surface area (Å²) in [7, 11) is 1.98. The van der Waals surface area contributed by atoms with Gasteiger partial charge >= 0.3 is 0 Å². The standard InChI is InChI=1S/C10H14N2/c1-7-6-10(11-2)8-4-3-5-9(8)12-7/h6H,3-5H2,1-2H3,(H,11,12). The first-order valence-corrected chi connectivity index (χ1v) is 4.48. The van der Waals surface area contributed by atoms with Gasteiger partial charge in [-0.25, -0.2) is 0 Å². The van der Waals surface area contributed by atoms with Crippen molar-refractivity contribution in [3.05, 3.63) is 23.0 Å². The molecule has 64 valence electrons. The fourth-order valence-corrected chi connectivity index (χ4v) is 1.91. The van der Waals surface area contributed by atoms with E-state index >= 15 is 0 Å². The van der Waals surface area contributed by atoms with Crippen LogP contribution in [0, 0.1) is 6.92 Å². The third-order valence-corrected chi connectivity index (χ3v) is 2.45. The summed E-state index contributed by atoms with van der Waals surface area (Å²) in [6, 6.07) is 2.13. The van der Waals surface area contributed by atoms with Crippen molar-refractivity contribution in [2.75, 3.05) is 12.4 Å². The average Bonchev–Trinajstić information content (AvgIpc) is 2.50. The van der Waals surface area contributed by atoms with Crippen LogP contribution in [-0.4, -0.2) is 12.0 Å². The summed E-state index contributed by atoms with van der Waals surface area (Å²) in [4.78, 5) is 4.52. The number of nitrogens with zero attached hydrogens (tertiary/aromatic N) is 1. The van der Waals surface area contributed by atoms with E-state index in [2.05, 4.69) is 23.3 Å². The number of rotatable bonds is 1. The topological polar surface area (TPSA) is 24.9 Å². The molecule has 12 heavy (non-hydrogen) atoms. The molecule has 1 heterocycles. The molecule has 1 aromatic rings. The zero-order chi connectivity index (χ0) is 8.55. The Kier molecular flexibility index (Phi) is 1.75. The van der Waals surface area contributed by atoms with Crippen molar-refractivity contribution in [1.82, 2.24) is 4.98 Å². The highest BCUT2D eigenvalue weighted by molar-refractivity contribution is 5.55. The first-order chi connectivity index (χ1) is 5.81. The monoisotopic (exact) mass is 162 g/mol. The van der Waals surface area contributed by atoms with E-state index in [0.29, 0.717) is 0 Å². The van der Waals surface area contributed by atoms with Crippen LogP contribution < -0.4 is 5.32 Å². The molecule has 0 unspecified atom stereocenters. The molecule has 0 saturated heterocycles. The van der Waals surface area contributed by atoms with Crippen LogP contribution in [0.2, 0.25) is 0 Å². The van der Waals surface area contributed by atoms with Crippen molar-refractivity contribution in [2.45, 2.75) is 26.2 Å². The number of aromatic nitrogens is 1. The second-order valence-corrected chi connectivity index (χ2v) is 3.34. The normalized spacial score (nSPS) is 14.5. The maximum absolute atomic E-state index is 4.52. The van der Waals surface area contributed by atoms with Gasteiger partial charge in [-0.2, -0.15) is 0 Å². The minimum atomic E-state index is 1.12. The van der Waals surface area contributed by atoms with Crippen molar-refractivity contribution in [3.8, 4) is 0 Å². The van der Waals surface area contributed by atoms with Crippen LogP contribution in [0.25, 0.3) is 0 Å². The van der Waals surface area contributed by atoms with Crippen LogP contribution in [0.3, 0.4) is 0 Å². The van der Waals surface area contributed by atoms with Gasteiger partial charge in [0.25, 0.3) is 0 Å². The van der Waals surface area contributed by atoms with Gasteiger partial charge in [0, 0.05) is 24.1 Å². The number of hydrogen-bond donors (Lipinski definition) is 1. The number of nitrogens with one attached hydrogen (secondary N) is 1. The minimum Gasteiger partial charge on any atom is -0.388 e. The second-order valence-electron chi connectivity index (χ2n) is 3.34. The summed E-state index contributed by atoms with van der Waals surface area (Å²) in [5.74, 6) is 0. The van der Waals surface area contributed by atoms with E-state index in [4.69, 9.17) is 0 Å². The van der Waals surface area contributed by atoms with Crippen LogP contribution in [0.5, 0.6) is 0 Å². The highest BCUT2D eigenvalue weighted by Gasteiger charge is 2.15. The van der Waals surface area contributed by atoms with Crippen LogP contribution in [-0.2, 0) is 12.8 Å². The maximum Gasteiger partial charge on any atom is 0.0459 e. The zero-order valence-electron chi connectivity index (χ0n) is 7.65. The molecule has 1 aliphatic carbocycles. The molecule has 1 aliphatic rings. The third-order valence-electron chi connectivity index (χ3n) is 2.45. The van der Waals surface area contributed by atoms with Crippen molar-refractivity contribution >= 4 is 5.69 Å². The lowest BCUT2D eigenvalue weighted by Crippen LogP contribution is -1.98. The Labute approximate surface area is 73.0 Å². The molecule has 0 aromatic carbocycles. The van der Waals surface area contributed by atoms with Crippen LogP contribution in [0.4, 0.5) is 5.69 Å². The Morgan fingerprint density at radius 2 is 2.25 bits per heavy atom. The molecule has 1 N–H and O–H groups in total. The molecule has 2 nitrogen and oxygen atoms in total. The van der Waals surface area contributed by atoms with Gasteiger partial charge in [-0.15, -0.1) is 0 Å². The van der Waals surface area contributed by atoms with E-state index in [1.807, 2.05) is 7.05 Å². The van der Waals surface area contributed by atoms with Crippen molar-refractivity contribution in [3.63, 3.8) is 0 Å². The van der Waals surface area contributed by atoms with E-state index in [1.165, 1.54) is 29.8 Å². The molecule has 0 aliphatic heterocycles. The lowest BCUT2D eigenvalue weighted by Gasteiger charge is -2.07. The van der Waals surface area contributed by atoms with E-state index in [0.717, 1.165) is 12.1 Å². The molecule has 2 rings (SSSR count). The van der Waals surface area contributed by atoms with E-state index < -0.39 is 0 Å². The number of pyridine rings is 1. The van der Waals surface area contributed by atoms with Gasteiger partial charge in [-0.3, -0.25) is 4.98 Å². The summed E-state index contributed by atoms with van der Waals surface area (Å²) in [6.07, 6.45) is 3.62. The van der Waals surface area contributed by atoms with E-state index in [-0.39, 0.29) is 0 Å². The smallest absolute Gasteiger partial charge is 0.0459 e. The fourth-order valence-electron chi connectivity index (χ4n) is 1.91. The van der Waals surface area contributed by atoms with Crippen molar-refractivity contribution in [2.24, 2.45) is 0 Å². The Balaban J connectivity index is 2.55. The van der Waals surface area contributed by atoms with Crippen LogP contribution >= 0.6 is 0 Å². The molecule has 0 radical (unpaired) electrons. The van der Waals surface area contributed by atoms with Gasteiger partial charge in [-0.05, 0) is 37.8 Å². The van der Waals surface area contributed by atoms with Crippen molar-refractivity contribution in [1.29, 1.82) is 0 Å². The summed E-state index contributed by atoms with van der Waals surface area (Å²) in [5.41, 5.74) is 5.14. The van der Waals surface area contributed by atoms with Gasteiger partial charge in [0.05, 0.1) is 0 Å². The van der Waals surface area contributed by atoms with E-state index in [1.54, 1.807) is 0 Å². The highest BCUT2D eigenvalue weighted by Crippen LogP contribution is 2.27. The summed E-state index contributed by atoms with van der Waals surface area (Å²) >= 11 is 0. The molecule has 0 atom stereocenters.